The van der Waals surface area contributed by atoms with Gasteiger partial charge in [0, 0.05) is 11.6 Å². The van der Waals surface area contributed by atoms with Gasteiger partial charge in [0.1, 0.15) is 17.2 Å². The topological polar surface area (TPSA) is 76.3 Å². The van der Waals surface area contributed by atoms with Gasteiger partial charge in [-0.2, -0.15) is 0 Å². The standard InChI is InChI=1S/C13H19N3O3S/c1-7(2)8-11(18-3)16-9(12(15-8)19-4)10(17)13-14-5-6-20-13/h5-10,17H,1-4H3/t8-,9+,10-/m0/s1. The number of ether oxygens (including phenoxy) is 2. The van der Waals surface area contributed by atoms with Gasteiger partial charge in [-0.3, -0.25) is 0 Å². The Morgan fingerprint density at radius 2 is 1.75 bits per heavy atom. The molecule has 3 atom stereocenters. The van der Waals surface area contributed by atoms with Crippen molar-refractivity contribution in [2.45, 2.75) is 32.0 Å². The number of aromatic nitrogens is 1. The Morgan fingerprint density at radius 3 is 2.25 bits per heavy atom. The molecule has 0 amide bonds. The van der Waals surface area contributed by atoms with Gasteiger partial charge >= 0.3 is 0 Å². The smallest absolute Gasteiger partial charge is 0.212 e. The molecular formula is C13H19N3O3S. The molecule has 0 radical (unpaired) electrons. The van der Waals surface area contributed by atoms with Crippen molar-refractivity contribution in [1.29, 1.82) is 0 Å². The van der Waals surface area contributed by atoms with Crippen LogP contribution in [0.1, 0.15) is 25.0 Å². The van der Waals surface area contributed by atoms with Gasteiger partial charge in [0.2, 0.25) is 11.8 Å². The maximum absolute atomic E-state index is 10.4. The van der Waals surface area contributed by atoms with Crippen molar-refractivity contribution in [2.24, 2.45) is 15.9 Å². The van der Waals surface area contributed by atoms with Crippen molar-refractivity contribution < 1.29 is 14.6 Å². The number of hydrogen-bond acceptors (Lipinski definition) is 7. The quantitative estimate of drug-likeness (QED) is 0.921. The zero-order valence-corrected chi connectivity index (χ0v) is 12.8. The molecule has 110 valence electrons. The molecule has 7 heteroatoms. The first-order valence-electron chi connectivity index (χ1n) is 6.39. The molecule has 0 spiro atoms. The average molecular weight is 297 g/mol. The Morgan fingerprint density at radius 1 is 1.15 bits per heavy atom. The lowest BCUT2D eigenvalue weighted by atomic mass is 10.0. The van der Waals surface area contributed by atoms with E-state index >= 15 is 0 Å². The van der Waals surface area contributed by atoms with E-state index in [4.69, 9.17) is 9.47 Å². The van der Waals surface area contributed by atoms with E-state index in [0.29, 0.717) is 16.8 Å². The number of methoxy groups -OCH3 is 2. The van der Waals surface area contributed by atoms with E-state index in [0.717, 1.165) is 0 Å². The minimum Gasteiger partial charge on any atom is -0.483 e. The molecule has 0 fully saturated rings. The van der Waals surface area contributed by atoms with E-state index in [9.17, 15) is 5.11 Å². The van der Waals surface area contributed by atoms with Crippen LogP contribution in [0.4, 0.5) is 0 Å². The predicted octanol–water partition coefficient (Wildman–Crippen LogP) is 1.67. The van der Waals surface area contributed by atoms with E-state index < -0.39 is 12.1 Å². The molecule has 0 aliphatic carbocycles. The first kappa shape index (κ1) is 14.9. The zero-order chi connectivity index (χ0) is 14.7. The number of rotatable bonds is 3. The summed E-state index contributed by atoms with van der Waals surface area (Å²) >= 11 is 1.37. The minimum absolute atomic E-state index is 0.185. The predicted molar refractivity (Wildman–Crippen MR) is 78.4 cm³/mol. The molecule has 2 heterocycles. The molecular weight excluding hydrogens is 278 g/mol. The summed E-state index contributed by atoms with van der Waals surface area (Å²) in [5, 5.41) is 12.8. The van der Waals surface area contributed by atoms with Gasteiger partial charge < -0.3 is 14.6 Å². The number of aliphatic imine (C=N–C) groups is 2. The summed E-state index contributed by atoms with van der Waals surface area (Å²) in [7, 11) is 3.10. The van der Waals surface area contributed by atoms with Gasteiger partial charge in [0.15, 0.2) is 6.04 Å². The summed E-state index contributed by atoms with van der Waals surface area (Å²) in [5.41, 5.74) is 0. The molecule has 0 unspecified atom stereocenters. The summed E-state index contributed by atoms with van der Waals surface area (Å²) < 4.78 is 10.6. The summed E-state index contributed by atoms with van der Waals surface area (Å²) in [5.74, 6) is 1.16. The molecule has 2 rings (SSSR count). The third kappa shape index (κ3) is 2.83. The van der Waals surface area contributed by atoms with Crippen molar-refractivity contribution in [2.75, 3.05) is 14.2 Å². The number of hydrogen-bond donors (Lipinski definition) is 1. The van der Waals surface area contributed by atoms with Crippen LogP contribution in [-0.4, -0.2) is 48.2 Å². The second-order valence-corrected chi connectivity index (χ2v) is 5.72. The Hall–Kier alpha value is -1.47. The van der Waals surface area contributed by atoms with Crippen molar-refractivity contribution in [3.8, 4) is 0 Å². The molecule has 0 bridgehead atoms. The molecule has 0 aromatic carbocycles. The minimum atomic E-state index is -0.882. The number of nitrogens with zero attached hydrogens (tertiary/aromatic N) is 3. The molecule has 0 saturated carbocycles. The summed E-state index contributed by atoms with van der Waals surface area (Å²) in [6, 6.07) is -0.800. The second-order valence-electron chi connectivity index (χ2n) is 4.79. The van der Waals surface area contributed by atoms with Crippen molar-refractivity contribution >= 4 is 23.1 Å². The SMILES string of the molecule is COC1=N[C@H]([C@H](O)c2nccs2)C(OC)=N[C@H]1C(C)C. The highest BCUT2D eigenvalue weighted by molar-refractivity contribution is 7.09. The van der Waals surface area contributed by atoms with Crippen LogP contribution in [0.2, 0.25) is 0 Å². The zero-order valence-electron chi connectivity index (χ0n) is 12.0. The van der Waals surface area contributed by atoms with Gasteiger partial charge in [0.05, 0.1) is 14.2 Å². The van der Waals surface area contributed by atoms with Crippen LogP contribution in [0.3, 0.4) is 0 Å². The molecule has 6 nitrogen and oxygen atoms in total. The highest BCUT2D eigenvalue weighted by atomic mass is 32.1. The maximum atomic E-state index is 10.4. The lowest BCUT2D eigenvalue weighted by molar-refractivity contribution is 0.155. The van der Waals surface area contributed by atoms with Gasteiger partial charge in [-0.15, -0.1) is 11.3 Å². The van der Waals surface area contributed by atoms with Crippen LogP contribution in [0.25, 0.3) is 0 Å². The molecule has 1 N–H and O–H groups in total. The molecule has 0 saturated heterocycles. The van der Waals surface area contributed by atoms with Gasteiger partial charge in [-0.05, 0) is 5.92 Å². The highest BCUT2D eigenvalue weighted by Crippen LogP contribution is 2.27. The van der Waals surface area contributed by atoms with Crippen LogP contribution in [0.5, 0.6) is 0 Å². The molecule has 20 heavy (non-hydrogen) atoms. The van der Waals surface area contributed by atoms with Crippen LogP contribution >= 0.6 is 11.3 Å². The summed E-state index contributed by atoms with van der Waals surface area (Å²) in [4.78, 5) is 13.1. The fourth-order valence-electron chi connectivity index (χ4n) is 2.04. The van der Waals surface area contributed by atoms with Crippen molar-refractivity contribution in [1.82, 2.24) is 4.98 Å². The van der Waals surface area contributed by atoms with Crippen LogP contribution in [0.15, 0.2) is 21.6 Å². The Kier molecular flexibility index (Phi) is 4.72. The van der Waals surface area contributed by atoms with Crippen LogP contribution in [-0.2, 0) is 9.47 Å². The Labute approximate surface area is 122 Å². The normalized spacial score (nSPS) is 24.1. The fraction of sp³-hybridized carbons (Fsp3) is 0.615. The Bertz CT molecular complexity index is 499. The fourth-order valence-corrected chi connectivity index (χ4v) is 2.69. The molecule has 1 aromatic rings. The van der Waals surface area contributed by atoms with E-state index in [1.807, 2.05) is 19.2 Å². The van der Waals surface area contributed by atoms with Crippen molar-refractivity contribution in [3.05, 3.63) is 16.6 Å². The lowest BCUT2D eigenvalue weighted by Gasteiger charge is -2.28. The first-order valence-corrected chi connectivity index (χ1v) is 7.27. The molecule has 1 aliphatic heterocycles. The van der Waals surface area contributed by atoms with E-state index in [-0.39, 0.29) is 12.0 Å². The number of aliphatic hydroxyl groups excluding tert-OH is 1. The third-order valence-corrected chi connectivity index (χ3v) is 3.94. The molecule has 1 aromatic heterocycles. The average Bonchev–Trinajstić information content (AvgIpc) is 2.99. The lowest BCUT2D eigenvalue weighted by Crippen LogP contribution is -2.40. The van der Waals surface area contributed by atoms with Crippen molar-refractivity contribution in [3.63, 3.8) is 0 Å². The van der Waals surface area contributed by atoms with E-state index in [1.54, 1.807) is 13.3 Å². The van der Waals surface area contributed by atoms with Gasteiger partial charge in [-0.1, -0.05) is 13.8 Å². The van der Waals surface area contributed by atoms with Crippen LogP contribution in [0, 0.1) is 5.92 Å². The number of thiazole rings is 1. The van der Waals surface area contributed by atoms with Gasteiger partial charge in [-0.25, -0.2) is 15.0 Å². The first-order chi connectivity index (χ1) is 9.58. The second kappa shape index (κ2) is 6.32. The van der Waals surface area contributed by atoms with Gasteiger partial charge in [0.25, 0.3) is 0 Å². The highest BCUT2D eigenvalue weighted by Gasteiger charge is 2.36. The van der Waals surface area contributed by atoms with E-state index in [2.05, 4.69) is 15.0 Å². The van der Waals surface area contributed by atoms with Crippen LogP contribution < -0.4 is 0 Å². The molecule has 1 aliphatic rings. The van der Waals surface area contributed by atoms with E-state index in [1.165, 1.54) is 18.4 Å². The largest absolute Gasteiger partial charge is 0.483 e. The summed E-state index contributed by atoms with van der Waals surface area (Å²) in [6.07, 6.45) is 0.764. The third-order valence-electron chi connectivity index (χ3n) is 3.09. The monoisotopic (exact) mass is 297 g/mol. The number of aliphatic hydroxyl groups is 1. The summed E-state index contributed by atoms with van der Waals surface area (Å²) in [6.45, 7) is 4.07. The Balaban J connectivity index is 2.32. The maximum Gasteiger partial charge on any atom is 0.212 e.